The molecule has 4 N–H and O–H groups in total. The molecular formula is C12H16ClNO4. The van der Waals surface area contributed by atoms with Gasteiger partial charge < -0.3 is 20.7 Å². The number of methoxy groups -OCH3 is 1. The first kappa shape index (κ1) is 14.6. The van der Waals surface area contributed by atoms with Crippen LogP contribution in [0, 0.1) is 6.92 Å². The van der Waals surface area contributed by atoms with Crippen molar-refractivity contribution < 1.29 is 19.7 Å². The van der Waals surface area contributed by atoms with E-state index in [0.717, 1.165) is 0 Å². The van der Waals surface area contributed by atoms with Gasteiger partial charge in [-0.3, -0.25) is 4.79 Å². The summed E-state index contributed by atoms with van der Waals surface area (Å²) in [7, 11) is 1.41. The normalized spacial score (nSPS) is 12.2. The Kier molecular flexibility index (Phi) is 4.81. The van der Waals surface area contributed by atoms with E-state index >= 15 is 0 Å². The number of carboxylic acid groups (broad SMARTS) is 1. The summed E-state index contributed by atoms with van der Waals surface area (Å²) in [5.74, 6) is -0.791. The van der Waals surface area contributed by atoms with Gasteiger partial charge in [0.15, 0.2) is 11.5 Å². The van der Waals surface area contributed by atoms with Gasteiger partial charge in [0, 0.05) is 29.1 Å². The lowest BCUT2D eigenvalue weighted by Gasteiger charge is -2.18. The molecule has 1 aromatic carbocycles. The Morgan fingerprint density at radius 3 is 2.72 bits per heavy atom. The minimum Gasteiger partial charge on any atom is -0.504 e. The van der Waals surface area contributed by atoms with E-state index in [1.54, 1.807) is 6.92 Å². The fourth-order valence-electron chi connectivity index (χ4n) is 1.76. The van der Waals surface area contributed by atoms with Gasteiger partial charge in [-0.1, -0.05) is 11.6 Å². The SMILES string of the molecule is COc1cc(Cl)c(C)c(C(N)CCC(=O)O)c1O. The molecule has 0 bridgehead atoms. The number of carbonyl (C=O) groups is 1. The molecule has 0 spiro atoms. The first-order valence-corrected chi connectivity index (χ1v) is 5.79. The van der Waals surface area contributed by atoms with E-state index in [1.807, 2.05) is 0 Å². The van der Waals surface area contributed by atoms with E-state index in [2.05, 4.69) is 0 Å². The van der Waals surface area contributed by atoms with Crippen molar-refractivity contribution in [3.8, 4) is 11.5 Å². The molecule has 0 aliphatic rings. The molecule has 0 radical (unpaired) electrons. The third-order valence-corrected chi connectivity index (χ3v) is 3.16. The summed E-state index contributed by atoms with van der Waals surface area (Å²) >= 11 is 6.01. The molecule has 0 saturated carbocycles. The maximum atomic E-state index is 10.5. The fraction of sp³-hybridized carbons (Fsp3) is 0.417. The molecule has 0 aromatic heterocycles. The first-order chi connectivity index (χ1) is 8.38. The van der Waals surface area contributed by atoms with E-state index in [0.29, 0.717) is 16.1 Å². The third kappa shape index (κ3) is 3.05. The number of halogens is 1. The van der Waals surface area contributed by atoms with Crippen LogP contribution >= 0.6 is 11.6 Å². The summed E-state index contributed by atoms with van der Waals surface area (Å²) in [4.78, 5) is 10.5. The predicted octanol–water partition coefficient (Wildman–Crippen LogP) is 2.23. The lowest BCUT2D eigenvalue weighted by atomic mass is 9.96. The average Bonchev–Trinajstić information content (AvgIpc) is 2.31. The molecule has 1 atom stereocenters. The highest BCUT2D eigenvalue weighted by Gasteiger charge is 2.20. The van der Waals surface area contributed by atoms with Gasteiger partial charge in [0.2, 0.25) is 0 Å². The Hall–Kier alpha value is -1.46. The van der Waals surface area contributed by atoms with Crippen molar-refractivity contribution in [1.82, 2.24) is 0 Å². The van der Waals surface area contributed by atoms with Crippen LogP contribution in [0.25, 0.3) is 0 Å². The number of benzene rings is 1. The van der Waals surface area contributed by atoms with Crippen LogP contribution in [0.15, 0.2) is 6.07 Å². The van der Waals surface area contributed by atoms with Gasteiger partial charge in [0.1, 0.15) is 0 Å². The van der Waals surface area contributed by atoms with Crippen LogP contribution in [0.3, 0.4) is 0 Å². The zero-order chi connectivity index (χ0) is 13.9. The minimum atomic E-state index is -0.934. The molecule has 0 heterocycles. The Morgan fingerprint density at radius 2 is 2.22 bits per heavy atom. The number of hydrogen-bond acceptors (Lipinski definition) is 4. The molecule has 18 heavy (non-hydrogen) atoms. The van der Waals surface area contributed by atoms with Crippen LogP contribution < -0.4 is 10.5 Å². The van der Waals surface area contributed by atoms with E-state index in [4.69, 9.17) is 27.2 Å². The van der Waals surface area contributed by atoms with Gasteiger partial charge in [0.25, 0.3) is 0 Å². The second kappa shape index (κ2) is 5.93. The standard InChI is InChI=1S/C12H16ClNO4/c1-6-7(13)5-9(18-2)12(17)11(6)8(14)3-4-10(15)16/h5,8,17H,3-4,14H2,1-2H3,(H,15,16). The fourth-order valence-corrected chi connectivity index (χ4v) is 1.96. The molecule has 5 nitrogen and oxygen atoms in total. The molecule has 6 heteroatoms. The van der Waals surface area contributed by atoms with Crippen molar-refractivity contribution in [2.45, 2.75) is 25.8 Å². The van der Waals surface area contributed by atoms with Crippen LogP contribution in [-0.4, -0.2) is 23.3 Å². The molecule has 0 aliphatic carbocycles. The molecule has 0 fully saturated rings. The highest BCUT2D eigenvalue weighted by atomic mass is 35.5. The molecule has 1 rings (SSSR count). The van der Waals surface area contributed by atoms with E-state index < -0.39 is 12.0 Å². The lowest BCUT2D eigenvalue weighted by molar-refractivity contribution is -0.137. The van der Waals surface area contributed by atoms with Crippen molar-refractivity contribution in [2.75, 3.05) is 7.11 Å². The van der Waals surface area contributed by atoms with Crippen molar-refractivity contribution in [2.24, 2.45) is 5.73 Å². The van der Waals surface area contributed by atoms with Gasteiger partial charge in [-0.15, -0.1) is 0 Å². The van der Waals surface area contributed by atoms with Crippen LogP contribution in [0.2, 0.25) is 5.02 Å². The van der Waals surface area contributed by atoms with Gasteiger partial charge in [-0.2, -0.15) is 0 Å². The molecule has 0 amide bonds. The number of carboxylic acids is 1. The highest BCUT2D eigenvalue weighted by molar-refractivity contribution is 6.31. The lowest BCUT2D eigenvalue weighted by Crippen LogP contribution is -2.14. The summed E-state index contributed by atoms with van der Waals surface area (Å²) in [5, 5.41) is 19.1. The van der Waals surface area contributed by atoms with Crippen LogP contribution in [0.4, 0.5) is 0 Å². The van der Waals surface area contributed by atoms with Gasteiger partial charge in [0.05, 0.1) is 7.11 Å². The maximum absolute atomic E-state index is 10.5. The largest absolute Gasteiger partial charge is 0.504 e. The number of aliphatic carboxylic acids is 1. The molecule has 1 aromatic rings. The van der Waals surface area contributed by atoms with E-state index in [-0.39, 0.29) is 24.3 Å². The summed E-state index contributed by atoms with van der Waals surface area (Å²) < 4.78 is 4.99. The Morgan fingerprint density at radius 1 is 1.61 bits per heavy atom. The molecule has 0 aliphatic heterocycles. The summed E-state index contributed by atoms with van der Waals surface area (Å²) in [6, 6.07) is 0.897. The smallest absolute Gasteiger partial charge is 0.303 e. The number of phenols is 1. The van der Waals surface area contributed by atoms with Crippen molar-refractivity contribution >= 4 is 17.6 Å². The molecule has 1 unspecified atom stereocenters. The van der Waals surface area contributed by atoms with E-state index in [1.165, 1.54) is 13.2 Å². The number of aromatic hydroxyl groups is 1. The summed E-state index contributed by atoms with van der Waals surface area (Å²) in [6.07, 6.45) is 0.141. The Labute approximate surface area is 110 Å². The number of phenolic OH excluding ortho intramolecular Hbond substituents is 1. The number of hydrogen-bond donors (Lipinski definition) is 3. The topological polar surface area (TPSA) is 92.8 Å². The van der Waals surface area contributed by atoms with Crippen molar-refractivity contribution in [3.63, 3.8) is 0 Å². The maximum Gasteiger partial charge on any atom is 0.303 e. The third-order valence-electron chi connectivity index (χ3n) is 2.77. The van der Waals surface area contributed by atoms with Gasteiger partial charge in [-0.25, -0.2) is 0 Å². The zero-order valence-electron chi connectivity index (χ0n) is 10.2. The van der Waals surface area contributed by atoms with Crippen LogP contribution in [0.1, 0.15) is 30.0 Å². The van der Waals surface area contributed by atoms with E-state index in [9.17, 15) is 9.90 Å². The predicted molar refractivity (Wildman–Crippen MR) is 68.2 cm³/mol. The zero-order valence-corrected chi connectivity index (χ0v) is 11.0. The number of rotatable bonds is 5. The van der Waals surface area contributed by atoms with Crippen molar-refractivity contribution in [3.05, 3.63) is 22.2 Å². The number of nitrogens with two attached hydrogens (primary N) is 1. The molecule has 100 valence electrons. The Balaban J connectivity index is 3.13. The summed E-state index contributed by atoms with van der Waals surface area (Å²) in [5.41, 5.74) is 6.96. The quantitative estimate of drug-likeness (QED) is 0.765. The highest BCUT2D eigenvalue weighted by Crippen LogP contribution is 2.40. The Bertz CT molecular complexity index is 462. The monoisotopic (exact) mass is 273 g/mol. The van der Waals surface area contributed by atoms with Crippen LogP contribution in [-0.2, 0) is 4.79 Å². The first-order valence-electron chi connectivity index (χ1n) is 5.41. The van der Waals surface area contributed by atoms with Crippen molar-refractivity contribution in [1.29, 1.82) is 0 Å². The van der Waals surface area contributed by atoms with Gasteiger partial charge in [-0.05, 0) is 18.9 Å². The second-order valence-electron chi connectivity index (χ2n) is 3.99. The minimum absolute atomic E-state index is 0.0745. The van der Waals surface area contributed by atoms with Crippen LogP contribution in [0.5, 0.6) is 11.5 Å². The molecular weight excluding hydrogens is 258 g/mol. The summed E-state index contributed by atoms with van der Waals surface area (Å²) in [6.45, 7) is 1.72. The van der Waals surface area contributed by atoms with Gasteiger partial charge >= 0.3 is 5.97 Å². The number of ether oxygens (including phenoxy) is 1. The molecule has 0 saturated heterocycles. The second-order valence-corrected chi connectivity index (χ2v) is 4.39. The average molecular weight is 274 g/mol.